The molecule has 0 saturated carbocycles. The Morgan fingerprint density at radius 2 is 2.03 bits per heavy atom. The van der Waals surface area contributed by atoms with Gasteiger partial charge < -0.3 is 25.8 Å². The lowest BCUT2D eigenvalue weighted by atomic mass is 9.79. The largest absolute Gasteiger partial charge is 0.497 e. The van der Waals surface area contributed by atoms with Crippen LogP contribution in [0.2, 0.25) is 5.02 Å². The maximum Gasteiger partial charge on any atom is 0.250 e. The number of benzene rings is 2. The van der Waals surface area contributed by atoms with E-state index < -0.39 is 17.4 Å². The Bertz CT molecular complexity index is 1120. The van der Waals surface area contributed by atoms with E-state index in [-0.39, 0.29) is 24.3 Å². The summed E-state index contributed by atoms with van der Waals surface area (Å²) in [6, 6.07) is 9.96. The first-order valence-electron chi connectivity index (χ1n) is 10.5. The van der Waals surface area contributed by atoms with Gasteiger partial charge in [-0.3, -0.25) is 19.7 Å². The second-order valence-electron chi connectivity index (χ2n) is 8.11. The minimum atomic E-state index is -1.33. The van der Waals surface area contributed by atoms with Gasteiger partial charge in [0.25, 0.3) is 0 Å². The standard InChI is InChI=1S/C23H25ClN4O5/c1-32-13-7-8-18(33-2)17(11-13)26-21(30)15-10-12(6-9-19(25)29)28-23(15)14-4-3-5-16(24)20(14)27-22(23)31/h3-5,7-8,11-12,15,28H,6,9-10H2,1-2H3,(H2,25,29)(H,26,30)(H,27,31)/t12-,15+,23-/m0/s1. The minimum absolute atomic E-state index is 0.135. The number of rotatable bonds is 7. The summed E-state index contributed by atoms with van der Waals surface area (Å²) < 4.78 is 10.6. The number of hydrogen-bond donors (Lipinski definition) is 4. The average molecular weight is 473 g/mol. The summed E-state index contributed by atoms with van der Waals surface area (Å²) in [6.07, 6.45) is 0.854. The van der Waals surface area contributed by atoms with Gasteiger partial charge in [0, 0.05) is 24.1 Å². The molecule has 2 aromatic rings. The smallest absolute Gasteiger partial charge is 0.250 e. The van der Waals surface area contributed by atoms with Crippen molar-refractivity contribution in [2.45, 2.75) is 30.8 Å². The molecular formula is C23H25ClN4O5. The molecule has 3 amide bonds. The number of hydrogen-bond acceptors (Lipinski definition) is 6. The highest BCUT2D eigenvalue weighted by atomic mass is 35.5. The van der Waals surface area contributed by atoms with Gasteiger partial charge in [0.1, 0.15) is 17.0 Å². The van der Waals surface area contributed by atoms with Crippen LogP contribution in [0, 0.1) is 5.92 Å². The van der Waals surface area contributed by atoms with Crippen molar-refractivity contribution in [1.29, 1.82) is 0 Å². The van der Waals surface area contributed by atoms with E-state index in [2.05, 4.69) is 16.0 Å². The quantitative estimate of drug-likeness (QED) is 0.489. The van der Waals surface area contributed by atoms with Crippen LogP contribution in [-0.2, 0) is 19.9 Å². The summed E-state index contributed by atoms with van der Waals surface area (Å²) >= 11 is 6.33. The topological polar surface area (TPSA) is 132 Å². The minimum Gasteiger partial charge on any atom is -0.497 e. The Balaban J connectivity index is 1.72. The van der Waals surface area contributed by atoms with E-state index in [0.717, 1.165) is 0 Å². The van der Waals surface area contributed by atoms with E-state index in [4.69, 9.17) is 26.8 Å². The molecule has 4 rings (SSSR count). The molecule has 9 nitrogen and oxygen atoms in total. The van der Waals surface area contributed by atoms with E-state index in [1.807, 2.05) is 0 Å². The first kappa shape index (κ1) is 22.9. The molecule has 1 fully saturated rings. The third kappa shape index (κ3) is 3.98. The Labute approximate surface area is 195 Å². The highest BCUT2D eigenvalue weighted by Crippen LogP contribution is 2.50. The number of ether oxygens (including phenoxy) is 2. The Morgan fingerprint density at radius 1 is 1.24 bits per heavy atom. The van der Waals surface area contributed by atoms with Crippen LogP contribution in [-0.4, -0.2) is 38.0 Å². The molecule has 2 aliphatic heterocycles. The number of nitrogens with one attached hydrogen (secondary N) is 3. The molecule has 3 atom stereocenters. The summed E-state index contributed by atoms with van der Waals surface area (Å²) in [6.45, 7) is 0. The van der Waals surface area contributed by atoms with Crippen molar-refractivity contribution in [2.24, 2.45) is 11.7 Å². The molecule has 1 spiro atoms. The second kappa shape index (κ2) is 8.92. The number of carbonyl (C=O) groups is 3. The number of amides is 3. The first-order chi connectivity index (χ1) is 15.8. The first-order valence-corrected chi connectivity index (χ1v) is 10.9. The van der Waals surface area contributed by atoms with Crippen LogP contribution in [0.1, 0.15) is 24.8 Å². The zero-order chi connectivity index (χ0) is 23.8. The molecule has 0 aromatic heterocycles. The predicted molar refractivity (Wildman–Crippen MR) is 123 cm³/mol. The lowest BCUT2D eigenvalue weighted by molar-refractivity contribution is -0.130. The summed E-state index contributed by atoms with van der Waals surface area (Å²) in [4.78, 5) is 38.3. The number of primary amides is 1. The summed E-state index contributed by atoms with van der Waals surface area (Å²) in [5, 5.41) is 9.43. The van der Waals surface area contributed by atoms with E-state index in [0.29, 0.717) is 46.3 Å². The van der Waals surface area contributed by atoms with E-state index in [1.165, 1.54) is 14.2 Å². The third-order valence-corrected chi connectivity index (χ3v) is 6.55. The average Bonchev–Trinajstić information content (AvgIpc) is 3.32. The van der Waals surface area contributed by atoms with Crippen molar-refractivity contribution in [2.75, 3.05) is 24.9 Å². The van der Waals surface area contributed by atoms with Crippen molar-refractivity contribution in [1.82, 2.24) is 5.32 Å². The van der Waals surface area contributed by atoms with E-state index >= 15 is 0 Å². The number of carbonyl (C=O) groups excluding carboxylic acids is 3. The molecule has 2 heterocycles. The third-order valence-electron chi connectivity index (χ3n) is 6.23. The van der Waals surface area contributed by atoms with Crippen molar-refractivity contribution >= 4 is 40.7 Å². The monoisotopic (exact) mass is 472 g/mol. The van der Waals surface area contributed by atoms with Crippen LogP contribution < -0.4 is 31.2 Å². The Morgan fingerprint density at radius 3 is 2.73 bits per heavy atom. The van der Waals surface area contributed by atoms with Crippen LogP contribution >= 0.6 is 11.6 Å². The summed E-state index contributed by atoms with van der Waals surface area (Å²) in [5.74, 6) is -0.983. The zero-order valence-electron chi connectivity index (χ0n) is 18.2. The van der Waals surface area contributed by atoms with Crippen molar-refractivity contribution in [3.63, 3.8) is 0 Å². The SMILES string of the molecule is COc1ccc(OC)c(NC(=O)[C@H]2C[C@H](CCC(N)=O)N[C@]23C(=O)Nc2c(Cl)cccc23)c1. The molecule has 2 aliphatic rings. The van der Waals surface area contributed by atoms with Crippen LogP contribution in [0.5, 0.6) is 11.5 Å². The molecule has 0 aliphatic carbocycles. The molecule has 33 heavy (non-hydrogen) atoms. The van der Waals surface area contributed by atoms with Gasteiger partial charge >= 0.3 is 0 Å². The summed E-state index contributed by atoms with van der Waals surface area (Å²) in [7, 11) is 3.02. The van der Waals surface area contributed by atoms with Gasteiger partial charge in [-0.25, -0.2) is 0 Å². The fourth-order valence-corrected chi connectivity index (χ4v) is 4.91. The number of anilines is 2. The highest BCUT2D eigenvalue weighted by Gasteiger charge is 2.60. The molecule has 0 radical (unpaired) electrons. The summed E-state index contributed by atoms with van der Waals surface area (Å²) in [5.41, 5.74) is 5.48. The molecule has 0 unspecified atom stereocenters. The van der Waals surface area contributed by atoms with Crippen LogP contribution in [0.4, 0.5) is 11.4 Å². The van der Waals surface area contributed by atoms with Crippen molar-refractivity contribution < 1.29 is 23.9 Å². The number of para-hydroxylation sites is 1. The van der Waals surface area contributed by atoms with Crippen molar-refractivity contribution in [3.8, 4) is 11.5 Å². The maximum atomic E-state index is 13.6. The second-order valence-corrected chi connectivity index (χ2v) is 8.52. The number of nitrogens with two attached hydrogens (primary N) is 1. The molecular weight excluding hydrogens is 448 g/mol. The number of methoxy groups -OCH3 is 2. The highest BCUT2D eigenvalue weighted by molar-refractivity contribution is 6.35. The number of fused-ring (bicyclic) bond motifs is 2. The normalized spacial score (nSPS) is 23.2. The van der Waals surface area contributed by atoms with E-state index in [9.17, 15) is 14.4 Å². The molecule has 1 saturated heterocycles. The van der Waals surface area contributed by atoms with Crippen molar-refractivity contribution in [3.05, 3.63) is 47.0 Å². The van der Waals surface area contributed by atoms with Gasteiger partial charge in [-0.15, -0.1) is 0 Å². The molecule has 174 valence electrons. The van der Waals surface area contributed by atoms with Gasteiger partial charge in [-0.2, -0.15) is 0 Å². The van der Waals surface area contributed by atoms with Crippen LogP contribution in [0.25, 0.3) is 0 Å². The lowest BCUT2D eigenvalue weighted by Crippen LogP contribution is -2.52. The van der Waals surface area contributed by atoms with Gasteiger partial charge in [0.15, 0.2) is 0 Å². The van der Waals surface area contributed by atoms with Crippen LogP contribution in [0.15, 0.2) is 36.4 Å². The maximum absolute atomic E-state index is 13.6. The van der Waals surface area contributed by atoms with Gasteiger partial charge in [0.2, 0.25) is 17.7 Å². The number of halogens is 1. The predicted octanol–water partition coefficient (Wildman–Crippen LogP) is 2.39. The fraction of sp³-hybridized carbons (Fsp3) is 0.348. The lowest BCUT2D eigenvalue weighted by Gasteiger charge is -2.29. The molecule has 2 aromatic carbocycles. The zero-order valence-corrected chi connectivity index (χ0v) is 19.0. The molecule has 5 N–H and O–H groups in total. The van der Waals surface area contributed by atoms with Gasteiger partial charge in [-0.05, 0) is 31.0 Å². The van der Waals surface area contributed by atoms with Gasteiger partial charge in [-0.1, -0.05) is 23.7 Å². The van der Waals surface area contributed by atoms with Gasteiger partial charge in [0.05, 0.1) is 36.5 Å². The molecule has 10 heteroatoms. The molecule has 0 bridgehead atoms. The van der Waals surface area contributed by atoms with E-state index in [1.54, 1.807) is 36.4 Å². The Hall–Kier alpha value is -3.30. The fourth-order valence-electron chi connectivity index (χ4n) is 4.69. The Kier molecular flexibility index (Phi) is 6.18. The van der Waals surface area contributed by atoms with Crippen LogP contribution in [0.3, 0.4) is 0 Å².